The standard InChI is InChI=1S/C33H46N2O6/c1-6-10-14-21-40-31(39)27-26-29(37)35(25(22-36)24-16-12-11-13-17-24)28(33(26)19-18-32(27,9-4)41-33)30(38)34(20-8-3)23(5)15-7-2/h6,8,11-13,16-17,23,25-28,36H,1,3,7,9-10,14-15,18-22H2,2,4-5H3/t23?,25-,26+,27-,28?,32+,33?/m1/s1. The van der Waals surface area contributed by atoms with Gasteiger partial charge in [0.1, 0.15) is 17.6 Å². The summed E-state index contributed by atoms with van der Waals surface area (Å²) in [4.78, 5) is 46.3. The van der Waals surface area contributed by atoms with Gasteiger partial charge in [-0.15, -0.1) is 13.2 Å². The summed E-state index contributed by atoms with van der Waals surface area (Å²) in [5.41, 5.74) is -1.35. The third kappa shape index (κ3) is 5.25. The Morgan fingerprint density at radius 1 is 1.22 bits per heavy atom. The van der Waals surface area contributed by atoms with Crippen LogP contribution in [0.4, 0.5) is 0 Å². The topological polar surface area (TPSA) is 96.4 Å². The Morgan fingerprint density at radius 3 is 2.56 bits per heavy atom. The van der Waals surface area contributed by atoms with Crippen LogP contribution in [0.25, 0.3) is 0 Å². The summed E-state index contributed by atoms with van der Waals surface area (Å²) in [5.74, 6) is -2.72. The fourth-order valence-corrected chi connectivity index (χ4v) is 7.51. The van der Waals surface area contributed by atoms with Crippen molar-refractivity contribution in [2.24, 2.45) is 11.8 Å². The Labute approximate surface area is 244 Å². The summed E-state index contributed by atoms with van der Waals surface area (Å²) in [6, 6.07) is 7.40. The highest BCUT2D eigenvalue weighted by atomic mass is 16.6. The van der Waals surface area contributed by atoms with Crippen molar-refractivity contribution >= 4 is 17.8 Å². The molecule has 0 saturated carbocycles. The Morgan fingerprint density at radius 2 is 1.95 bits per heavy atom. The van der Waals surface area contributed by atoms with E-state index in [0.717, 1.165) is 18.4 Å². The molecular weight excluding hydrogens is 520 g/mol. The molecule has 1 spiro atoms. The first kappa shape index (κ1) is 31.0. The number of hydrogen-bond donors (Lipinski definition) is 1. The van der Waals surface area contributed by atoms with Gasteiger partial charge in [0.25, 0.3) is 0 Å². The van der Waals surface area contributed by atoms with Crippen molar-refractivity contribution in [3.63, 3.8) is 0 Å². The molecule has 4 rings (SSSR count). The lowest BCUT2D eigenvalue weighted by atomic mass is 9.65. The van der Waals surface area contributed by atoms with E-state index in [1.165, 1.54) is 4.90 Å². The predicted molar refractivity (Wildman–Crippen MR) is 157 cm³/mol. The maximum absolute atomic E-state index is 14.7. The smallest absolute Gasteiger partial charge is 0.312 e. The largest absolute Gasteiger partial charge is 0.465 e. The number of allylic oxidation sites excluding steroid dienone is 1. The third-order valence-corrected chi connectivity index (χ3v) is 9.44. The van der Waals surface area contributed by atoms with Crippen LogP contribution < -0.4 is 0 Å². The van der Waals surface area contributed by atoms with Crippen molar-refractivity contribution in [3.8, 4) is 0 Å². The SMILES string of the molecule is C=CCCCOC(=O)[C@H]1[C@H]2C(=O)N([C@H](CO)c3ccccc3)C(C(=O)N(CC=C)C(C)CCC)C23CC[C@]1(CC)O3. The van der Waals surface area contributed by atoms with Crippen LogP contribution in [0.2, 0.25) is 0 Å². The van der Waals surface area contributed by atoms with Gasteiger partial charge in [-0.05, 0) is 51.0 Å². The van der Waals surface area contributed by atoms with Crippen molar-refractivity contribution in [1.82, 2.24) is 9.80 Å². The Kier molecular flexibility index (Phi) is 9.75. The van der Waals surface area contributed by atoms with Crippen LogP contribution in [0.3, 0.4) is 0 Å². The molecule has 41 heavy (non-hydrogen) atoms. The molecule has 0 radical (unpaired) electrons. The number of amides is 2. The molecular formula is C33H46N2O6. The van der Waals surface area contributed by atoms with E-state index in [2.05, 4.69) is 20.1 Å². The van der Waals surface area contributed by atoms with E-state index in [0.29, 0.717) is 38.6 Å². The number of esters is 1. The second-order valence-corrected chi connectivity index (χ2v) is 11.7. The molecule has 3 aliphatic heterocycles. The van der Waals surface area contributed by atoms with Crippen LogP contribution >= 0.6 is 0 Å². The highest BCUT2D eigenvalue weighted by Gasteiger charge is 2.79. The number of benzene rings is 1. The Balaban J connectivity index is 1.83. The molecule has 1 aromatic carbocycles. The molecule has 3 heterocycles. The van der Waals surface area contributed by atoms with Crippen LogP contribution in [-0.4, -0.2) is 75.7 Å². The van der Waals surface area contributed by atoms with Crippen LogP contribution in [-0.2, 0) is 23.9 Å². The summed E-state index contributed by atoms with van der Waals surface area (Å²) in [7, 11) is 0. The number of ether oxygens (including phenoxy) is 2. The number of nitrogens with zero attached hydrogens (tertiary/aromatic N) is 2. The molecule has 0 aromatic heterocycles. The number of carbonyl (C=O) groups excluding carboxylic acids is 3. The molecule has 3 saturated heterocycles. The van der Waals surface area contributed by atoms with Gasteiger partial charge in [-0.1, -0.05) is 62.8 Å². The van der Waals surface area contributed by atoms with Crippen molar-refractivity contribution < 1.29 is 29.0 Å². The molecule has 3 fully saturated rings. The minimum atomic E-state index is -1.19. The van der Waals surface area contributed by atoms with Gasteiger partial charge in [-0.3, -0.25) is 14.4 Å². The summed E-state index contributed by atoms with van der Waals surface area (Å²) in [6.07, 6.45) is 8.07. The lowest BCUT2D eigenvalue weighted by Crippen LogP contribution is -2.58. The fraction of sp³-hybridized carbons (Fsp3) is 0.606. The van der Waals surface area contributed by atoms with E-state index in [9.17, 15) is 19.5 Å². The number of hydrogen-bond acceptors (Lipinski definition) is 6. The maximum atomic E-state index is 14.7. The van der Waals surface area contributed by atoms with Crippen LogP contribution in [0.5, 0.6) is 0 Å². The van der Waals surface area contributed by atoms with Crippen molar-refractivity contribution in [3.05, 3.63) is 61.2 Å². The number of aliphatic hydroxyl groups is 1. The van der Waals surface area contributed by atoms with E-state index >= 15 is 0 Å². The summed E-state index contributed by atoms with van der Waals surface area (Å²) in [5, 5.41) is 10.7. The number of carbonyl (C=O) groups is 3. The molecule has 7 atom stereocenters. The second-order valence-electron chi connectivity index (χ2n) is 11.7. The molecule has 2 amide bonds. The number of fused-ring (bicyclic) bond motifs is 1. The van der Waals surface area contributed by atoms with Gasteiger partial charge >= 0.3 is 5.97 Å². The Hall–Kier alpha value is -2.97. The zero-order valence-electron chi connectivity index (χ0n) is 24.8. The van der Waals surface area contributed by atoms with Gasteiger partial charge in [-0.2, -0.15) is 0 Å². The molecule has 8 heteroatoms. The first-order valence-corrected chi connectivity index (χ1v) is 15.1. The average molecular weight is 567 g/mol. The normalized spacial score (nSPS) is 29.6. The minimum Gasteiger partial charge on any atom is -0.465 e. The lowest BCUT2D eigenvalue weighted by molar-refractivity contribution is -0.164. The number of unbranched alkanes of at least 4 members (excludes halogenated alkanes) is 1. The van der Waals surface area contributed by atoms with Crippen molar-refractivity contribution in [1.29, 1.82) is 0 Å². The first-order chi connectivity index (χ1) is 19.8. The molecule has 3 unspecified atom stereocenters. The molecule has 224 valence electrons. The second kappa shape index (κ2) is 12.9. The van der Waals surface area contributed by atoms with Crippen LogP contribution in [0.1, 0.15) is 77.3 Å². The maximum Gasteiger partial charge on any atom is 0.312 e. The van der Waals surface area contributed by atoms with E-state index in [4.69, 9.17) is 9.47 Å². The zero-order valence-corrected chi connectivity index (χ0v) is 24.8. The van der Waals surface area contributed by atoms with Gasteiger partial charge in [0.05, 0.1) is 30.8 Å². The van der Waals surface area contributed by atoms with Gasteiger partial charge < -0.3 is 24.4 Å². The monoisotopic (exact) mass is 566 g/mol. The van der Waals surface area contributed by atoms with Gasteiger partial charge in [0, 0.05) is 12.6 Å². The van der Waals surface area contributed by atoms with E-state index in [1.807, 2.05) is 44.2 Å². The van der Waals surface area contributed by atoms with Crippen LogP contribution in [0.15, 0.2) is 55.6 Å². The van der Waals surface area contributed by atoms with E-state index in [-0.39, 0.29) is 31.1 Å². The number of rotatable bonds is 15. The summed E-state index contributed by atoms with van der Waals surface area (Å²) in [6.45, 7) is 13.8. The quantitative estimate of drug-likeness (QED) is 0.190. The summed E-state index contributed by atoms with van der Waals surface area (Å²) >= 11 is 0. The summed E-state index contributed by atoms with van der Waals surface area (Å²) < 4.78 is 12.6. The van der Waals surface area contributed by atoms with Crippen LogP contribution in [0, 0.1) is 11.8 Å². The third-order valence-electron chi connectivity index (χ3n) is 9.44. The molecule has 1 aromatic rings. The number of aliphatic hydroxyl groups excluding tert-OH is 1. The van der Waals surface area contributed by atoms with E-state index in [1.54, 1.807) is 17.1 Å². The fourth-order valence-electron chi connectivity index (χ4n) is 7.51. The highest BCUT2D eigenvalue weighted by Crippen LogP contribution is 2.65. The average Bonchev–Trinajstić information content (AvgIpc) is 3.58. The number of likely N-dealkylation sites (tertiary alicyclic amines) is 1. The predicted octanol–water partition coefficient (Wildman–Crippen LogP) is 4.59. The van der Waals surface area contributed by atoms with E-state index < -0.39 is 41.1 Å². The molecule has 8 nitrogen and oxygen atoms in total. The Bertz CT molecular complexity index is 1120. The molecule has 0 aliphatic carbocycles. The van der Waals surface area contributed by atoms with Gasteiger partial charge in [-0.25, -0.2) is 0 Å². The zero-order chi connectivity index (χ0) is 29.8. The highest BCUT2D eigenvalue weighted by molar-refractivity contribution is 5.99. The molecule has 1 N–H and O–H groups in total. The van der Waals surface area contributed by atoms with Gasteiger partial charge in [0.15, 0.2) is 0 Å². The van der Waals surface area contributed by atoms with Crippen molar-refractivity contribution in [2.75, 3.05) is 19.8 Å². The van der Waals surface area contributed by atoms with Crippen molar-refractivity contribution in [2.45, 2.75) is 95.0 Å². The van der Waals surface area contributed by atoms with Gasteiger partial charge in [0.2, 0.25) is 11.8 Å². The first-order valence-electron chi connectivity index (χ1n) is 15.1. The minimum absolute atomic E-state index is 0.0911. The molecule has 3 aliphatic rings. The lowest BCUT2D eigenvalue weighted by Gasteiger charge is -2.41. The molecule has 2 bridgehead atoms.